The molecule has 33 heavy (non-hydrogen) atoms. The highest BCUT2D eigenvalue weighted by molar-refractivity contribution is 6.01. The molecule has 0 bridgehead atoms. The van der Waals surface area contributed by atoms with E-state index in [9.17, 15) is 0 Å². The summed E-state index contributed by atoms with van der Waals surface area (Å²) in [6.45, 7) is 5.03. The maximum absolute atomic E-state index is 6.10. The van der Waals surface area contributed by atoms with Gasteiger partial charge in [-0.2, -0.15) is 0 Å². The first-order valence-electron chi connectivity index (χ1n) is 10.8. The van der Waals surface area contributed by atoms with Crippen molar-refractivity contribution in [2.75, 3.05) is 13.1 Å². The Morgan fingerprint density at radius 2 is 1.18 bits per heavy atom. The van der Waals surface area contributed by atoms with E-state index in [4.69, 9.17) is 5.73 Å². The van der Waals surface area contributed by atoms with Gasteiger partial charge in [-0.25, -0.2) is 9.98 Å². The summed E-state index contributed by atoms with van der Waals surface area (Å²) in [6, 6.07) is 30.0. The number of aliphatic imine (C=N–C) groups is 2. The number of guanidine groups is 2. The van der Waals surface area contributed by atoms with E-state index < -0.39 is 0 Å². The number of nitrogens with zero attached hydrogens (tertiary/aromatic N) is 2. The third-order valence-corrected chi connectivity index (χ3v) is 4.58. The van der Waals surface area contributed by atoms with Gasteiger partial charge in [0.25, 0.3) is 0 Å². The molecule has 0 aromatic heterocycles. The highest BCUT2D eigenvalue weighted by Crippen LogP contribution is 2.08. The zero-order chi connectivity index (χ0) is 23.1. The Kier molecular flexibility index (Phi) is 9.26. The van der Waals surface area contributed by atoms with Gasteiger partial charge in [-0.05, 0) is 16.7 Å². The number of nitrogens with two attached hydrogens (primary N) is 1. The van der Waals surface area contributed by atoms with Crippen molar-refractivity contribution in [2.24, 2.45) is 15.7 Å². The Bertz CT molecular complexity index is 1110. The summed E-state index contributed by atoms with van der Waals surface area (Å²) < 4.78 is 0. The minimum absolute atomic E-state index is 0.270. The molecule has 0 heterocycles. The molecule has 0 saturated carbocycles. The SMILES string of the molecule is C=C(NC(=NC/C=C/c1ccccc1)NC(N)=NC/C=C/c1ccccc1)c1ccccc1. The van der Waals surface area contributed by atoms with Crippen LogP contribution in [-0.2, 0) is 0 Å². The van der Waals surface area contributed by atoms with Crippen LogP contribution in [0.15, 0.2) is 120 Å². The van der Waals surface area contributed by atoms with Crippen molar-refractivity contribution in [1.29, 1.82) is 0 Å². The molecule has 0 amide bonds. The minimum atomic E-state index is 0.270. The van der Waals surface area contributed by atoms with E-state index in [0.29, 0.717) is 24.7 Å². The maximum atomic E-state index is 6.10. The third kappa shape index (κ3) is 8.71. The smallest absolute Gasteiger partial charge is 0.202 e. The van der Waals surface area contributed by atoms with E-state index in [0.717, 1.165) is 16.7 Å². The predicted octanol–water partition coefficient (Wildman–Crippen LogP) is 4.93. The lowest BCUT2D eigenvalue weighted by Crippen LogP contribution is -2.44. The molecule has 0 saturated heterocycles. The van der Waals surface area contributed by atoms with Gasteiger partial charge in [0, 0.05) is 5.70 Å². The topological polar surface area (TPSA) is 74.8 Å². The molecule has 0 atom stereocenters. The Balaban J connectivity index is 1.63. The molecule has 5 heteroatoms. The van der Waals surface area contributed by atoms with Crippen LogP contribution in [0.25, 0.3) is 17.8 Å². The molecule has 0 spiro atoms. The molecule has 0 aliphatic heterocycles. The van der Waals surface area contributed by atoms with Crippen LogP contribution in [0.4, 0.5) is 0 Å². The van der Waals surface area contributed by atoms with Crippen LogP contribution < -0.4 is 16.4 Å². The molecule has 3 rings (SSSR count). The monoisotopic (exact) mass is 435 g/mol. The number of rotatable bonds is 8. The first-order valence-corrected chi connectivity index (χ1v) is 10.8. The van der Waals surface area contributed by atoms with Crippen molar-refractivity contribution < 1.29 is 0 Å². The molecule has 3 aromatic rings. The second-order valence-corrected chi connectivity index (χ2v) is 7.14. The molecule has 0 radical (unpaired) electrons. The maximum Gasteiger partial charge on any atom is 0.202 e. The summed E-state index contributed by atoms with van der Waals surface area (Å²) in [7, 11) is 0. The molecule has 0 fully saturated rings. The van der Waals surface area contributed by atoms with Gasteiger partial charge in [-0.3, -0.25) is 5.32 Å². The average molecular weight is 436 g/mol. The van der Waals surface area contributed by atoms with Gasteiger partial charge in [0.15, 0.2) is 5.96 Å². The zero-order valence-electron chi connectivity index (χ0n) is 18.6. The highest BCUT2D eigenvalue weighted by atomic mass is 15.2. The Morgan fingerprint density at radius 1 is 0.697 bits per heavy atom. The van der Waals surface area contributed by atoms with Crippen LogP contribution in [0.5, 0.6) is 0 Å². The van der Waals surface area contributed by atoms with E-state index in [1.54, 1.807) is 0 Å². The fourth-order valence-electron chi connectivity index (χ4n) is 2.93. The highest BCUT2D eigenvalue weighted by Gasteiger charge is 2.04. The summed E-state index contributed by atoms with van der Waals surface area (Å²) >= 11 is 0. The molecular formula is C28H29N5. The normalized spacial score (nSPS) is 12.2. The van der Waals surface area contributed by atoms with Gasteiger partial charge in [-0.15, -0.1) is 0 Å². The van der Waals surface area contributed by atoms with Gasteiger partial charge >= 0.3 is 0 Å². The second-order valence-electron chi connectivity index (χ2n) is 7.14. The van der Waals surface area contributed by atoms with Crippen molar-refractivity contribution >= 4 is 29.8 Å². The van der Waals surface area contributed by atoms with Gasteiger partial charge in [0.2, 0.25) is 5.96 Å². The quantitative estimate of drug-likeness (QED) is 0.347. The largest absolute Gasteiger partial charge is 0.370 e. The molecule has 4 N–H and O–H groups in total. The van der Waals surface area contributed by atoms with Crippen molar-refractivity contribution in [3.63, 3.8) is 0 Å². The van der Waals surface area contributed by atoms with E-state index in [1.807, 2.05) is 115 Å². The van der Waals surface area contributed by atoms with Gasteiger partial charge in [-0.1, -0.05) is 122 Å². The van der Waals surface area contributed by atoms with E-state index in [2.05, 4.69) is 27.2 Å². The summed E-state index contributed by atoms with van der Waals surface area (Å²) in [5, 5.41) is 6.26. The summed E-state index contributed by atoms with van der Waals surface area (Å²) in [6.07, 6.45) is 7.98. The Labute approximate surface area is 195 Å². The molecule has 3 aromatic carbocycles. The summed E-state index contributed by atoms with van der Waals surface area (Å²) in [5.41, 5.74) is 10.0. The molecular weight excluding hydrogens is 406 g/mol. The Morgan fingerprint density at radius 3 is 1.73 bits per heavy atom. The van der Waals surface area contributed by atoms with Crippen molar-refractivity contribution in [2.45, 2.75) is 0 Å². The molecule has 5 nitrogen and oxygen atoms in total. The van der Waals surface area contributed by atoms with Gasteiger partial charge < -0.3 is 11.1 Å². The third-order valence-electron chi connectivity index (χ3n) is 4.58. The fourth-order valence-corrected chi connectivity index (χ4v) is 2.93. The van der Waals surface area contributed by atoms with Crippen LogP contribution >= 0.6 is 0 Å². The Hall–Kier alpha value is -4.38. The van der Waals surface area contributed by atoms with Crippen LogP contribution in [0, 0.1) is 0 Å². The predicted molar refractivity (Wildman–Crippen MR) is 141 cm³/mol. The summed E-state index contributed by atoms with van der Waals surface area (Å²) in [4.78, 5) is 8.95. The fraction of sp³-hybridized carbons (Fsp3) is 0.0714. The first kappa shape index (κ1) is 23.3. The van der Waals surface area contributed by atoms with E-state index in [-0.39, 0.29) is 5.96 Å². The molecule has 166 valence electrons. The molecule has 0 aliphatic carbocycles. The van der Waals surface area contributed by atoms with Crippen LogP contribution in [0.3, 0.4) is 0 Å². The van der Waals surface area contributed by atoms with Crippen molar-refractivity contribution in [1.82, 2.24) is 10.6 Å². The lowest BCUT2D eigenvalue weighted by atomic mass is 10.2. The molecule has 0 aliphatic rings. The lowest BCUT2D eigenvalue weighted by Gasteiger charge is -2.14. The molecule has 0 unspecified atom stereocenters. The van der Waals surface area contributed by atoms with Crippen molar-refractivity contribution in [3.05, 3.63) is 126 Å². The summed E-state index contributed by atoms with van der Waals surface area (Å²) in [5.74, 6) is 0.752. The van der Waals surface area contributed by atoms with Crippen LogP contribution in [-0.4, -0.2) is 25.0 Å². The number of nitrogens with one attached hydrogen (secondary N) is 2. The second kappa shape index (κ2) is 13.1. The van der Waals surface area contributed by atoms with Crippen LogP contribution in [0.1, 0.15) is 16.7 Å². The number of hydrogen-bond donors (Lipinski definition) is 3. The van der Waals surface area contributed by atoms with Gasteiger partial charge in [0.1, 0.15) is 0 Å². The van der Waals surface area contributed by atoms with Crippen LogP contribution in [0.2, 0.25) is 0 Å². The number of benzene rings is 3. The first-order chi connectivity index (χ1) is 16.2. The minimum Gasteiger partial charge on any atom is -0.370 e. The lowest BCUT2D eigenvalue weighted by molar-refractivity contribution is 1.08. The standard InChI is InChI=1S/C28H29N5/c1-23(26-19-9-4-10-20-26)32-28(31-22-12-18-25-15-7-3-8-16-25)33-27(29)30-21-11-17-24-13-5-2-6-14-24/h2-20H,1,21-22H2,(H4,29,30,31,32,33)/b17-11+,18-12+. The zero-order valence-corrected chi connectivity index (χ0v) is 18.6. The van der Waals surface area contributed by atoms with Crippen molar-refractivity contribution in [3.8, 4) is 0 Å². The van der Waals surface area contributed by atoms with E-state index in [1.165, 1.54) is 0 Å². The average Bonchev–Trinajstić information content (AvgIpc) is 2.86. The number of hydrogen-bond acceptors (Lipinski definition) is 2. The van der Waals surface area contributed by atoms with E-state index >= 15 is 0 Å². The van der Waals surface area contributed by atoms with Gasteiger partial charge in [0.05, 0.1) is 13.1 Å².